The largest absolute Gasteiger partial charge is 0.350 e. The molecule has 2 aromatic heterocycles. The normalized spacial score (nSPS) is 16.8. The Morgan fingerprint density at radius 3 is 2.90 bits per heavy atom. The zero-order valence-corrected chi connectivity index (χ0v) is 18.7. The highest BCUT2D eigenvalue weighted by Crippen LogP contribution is 2.47. The summed E-state index contributed by atoms with van der Waals surface area (Å²) in [5, 5.41) is 11.1. The molecule has 0 unspecified atom stereocenters. The van der Waals surface area contributed by atoms with Gasteiger partial charge in [-0.2, -0.15) is 0 Å². The second-order valence-corrected chi connectivity index (χ2v) is 9.92. The standard InChI is InChI=1S/C25H23ClN4S/c26-18-5-6-22-20(11-18)17(15-31-22)14-29-24-28-13-16-12-25(7-9-27-10-8-25)21-4-2-1-3-19(21)23(16)30-24/h1-6,11,13,15,27H,7-10,12,14H2,(H,28,29,30). The summed E-state index contributed by atoms with van der Waals surface area (Å²) < 4.78 is 1.24. The fourth-order valence-corrected chi connectivity index (χ4v) is 6.30. The molecular formula is C25H23ClN4S. The van der Waals surface area contributed by atoms with Crippen molar-refractivity contribution in [3.8, 4) is 11.3 Å². The fourth-order valence-electron chi connectivity index (χ4n) is 5.18. The van der Waals surface area contributed by atoms with E-state index in [1.165, 1.54) is 32.3 Å². The van der Waals surface area contributed by atoms with E-state index in [0.717, 1.165) is 43.1 Å². The van der Waals surface area contributed by atoms with Crippen molar-refractivity contribution in [2.24, 2.45) is 0 Å². The molecule has 0 amide bonds. The highest BCUT2D eigenvalue weighted by molar-refractivity contribution is 7.17. The Labute approximate surface area is 190 Å². The second kappa shape index (κ2) is 7.59. The van der Waals surface area contributed by atoms with Gasteiger partial charge < -0.3 is 10.6 Å². The summed E-state index contributed by atoms with van der Waals surface area (Å²) in [6, 6.07) is 14.9. The first-order chi connectivity index (χ1) is 15.2. The zero-order valence-electron chi connectivity index (χ0n) is 17.1. The van der Waals surface area contributed by atoms with E-state index < -0.39 is 0 Å². The van der Waals surface area contributed by atoms with Crippen LogP contribution in [0.2, 0.25) is 5.02 Å². The molecule has 156 valence electrons. The molecule has 0 saturated carbocycles. The average Bonchev–Trinajstić information content (AvgIpc) is 3.21. The van der Waals surface area contributed by atoms with Crippen LogP contribution in [0.3, 0.4) is 0 Å². The molecule has 0 atom stereocenters. The quantitative estimate of drug-likeness (QED) is 0.417. The lowest BCUT2D eigenvalue weighted by atomic mass is 9.64. The Hall–Kier alpha value is -2.47. The third-order valence-electron chi connectivity index (χ3n) is 6.76. The summed E-state index contributed by atoms with van der Waals surface area (Å²) in [4.78, 5) is 9.65. The molecule has 1 aliphatic heterocycles. The zero-order chi connectivity index (χ0) is 20.8. The lowest BCUT2D eigenvalue weighted by molar-refractivity contribution is 0.302. The molecule has 31 heavy (non-hydrogen) atoms. The molecular weight excluding hydrogens is 424 g/mol. The molecule has 2 aromatic carbocycles. The molecule has 2 aliphatic rings. The van der Waals surface area contributed by atoms with Gasteiger partial charge in [0.05, 0.1) is 5.69 Å². The number of rotatable bonds is 3. The van der Waals surface area contributed by atoms with Gasteiger partial charge in [-0.1, -0.05) is 35.9 Å². The van der Waals surface area contributed by atoms with Gasteiger partial charge in [-0.25, -0.2) is 9.97 Å². The Morgan fingerprint density at radius 1 is 1.13 bits per heavy atom. The number of hydrogen-bond donors (Lipinski definition) is 2. The third-order valence-corrected chi connectivity index (χ3v) is 8.01. The van der Waals surface area contributed by atoms with Crippen molar-refractivity contribution < 1.29 is 0 Å². The van der Waals surface area contributed by atoms with E-state index in [9.17, 15) is 0 Å². The molecule has 0 bridgehead atoms. The molecule has 1 fully saturated rings. The van der Waals surface area contributed by atoms with Crippen LogP contribution in [0.1, 0.15) is 29.5 Å². The molecule has 6 rings (SSSR count). The van der Waals surface area contributed by atoms with Gasteiger partial charge in [-0.3, -0.25) is 0 Å². The van der Waals surface area contributed by atoms with E-state index in [1.54, 1.807) is 11.3 Å². The molecule has 4 nitrogen and oxygen atoms in total. The monoisotopic (exact) mass is 446 g/mol. The summed E-state index contributed by atoms with van der Waals surface area (Å²) in [7, 11) is 0. The van der Waals surface area contributed by atoms with Gasteiger partial charge >= 0.3 is 0 Å². The SMILES string of the molecule is Clc1ccc2scc(CNc3ncc4c(n3)-c3ccccc3C3(CCNCC3)C4)c2c1. The topological polar surface area (TPSA) is 49.8 Å². The van der Waals surface area contributed by atoms with E-state index in [2.05, 4.69) is 51.3 Å². The number of halogens is 1. The van der Waals surface area contributed by atoms with Gasteiger partial charge in [-0.05, 0) is 78.0 Å². The van der Waals surface area contributed by atoms with E-state index >= 15 is 0 Å². The van der Waals surface area contributed by atoms with Crippen LogP contribution in [0, 0.1) is 0 Å². The number of nitrogens with zero attached hydrogens (tertiary/aromatic N) is 2. The lowest BCUT2D eigenvalue weighted by Gasteiger charge is -2.42. The molecule has 1 spiro atoms. The summed E-state index contributed by atoms with van der Waals surface area (Å²) >= 11 is 7.95. The third kappa shape index (κ3) is 3.32. The van der Waals surface area contributed by atoms with Crippen molar-refractivity contribution in [2.75, 3.05) is 18.4 Å². The predicted octanol–water partition coefficient (Wildman–Crippen LogP) is 5.80. The van der Waals surface area contributed by atoms with Gasteiger partial charge in [0.25, 0.3) is 0 Å². The van der Waals surface area contributed by atoms with E-state index in [-0.39, 0.29) is 5.41 Å². The first-order valence-corrected chi connectivity index (χ1v) is 12.0. The Morgan fingerprint density at radius 2 is 2.00 bits per heavy atom. The van der Waals surface area contributed by atoms with Crippen LogP contribution in [0.25, 0.3) is 21.3 Å². The number of anilines is 1. The molecule has 1 saturated heterocycles. The number of hydrogen-bond acceptors (Lipinski definition) is 5. The van der Waals surface area contributed by atoms with Crippen LogP contribution in [-0.2, 0) is 18.4 Å². The summed E-state index contributed by atoms with van der Waals surface area (Å²) in [6.45, 7) is 2.82. The van der Waals surface area contributed by atoms with Crippen LogP contribution in [0.4, 0.5) is 5.95 Å². The average molecular weight is 447 g/mol. The Kier molecular flexibility index (Phi) is 4.71. The van der Waals surface area contributed by atoms with Gasteiger partial charge in [0.1, 0.15) is 0 Å². The van der Waals surface area contributed by atoms with E-state index in [0.29, 0.717) is 12.5 Å². The maximum Gasteiger partial charge on any atom is 0.223 e. The smallest absolute Gasteiger partial charge is 0.223 e. The second-order valence-electron chi connectivity index (χ2n) is 8.58. The van der Waals surface area contributed by atoms with Crippen molar-refractivity contribution in [1.82, 2.24) is 15.3 Å². The minimum atomic E-state index is 0.210. The Bertz CT molecular complexity index is 1280. The maximum atomic E-state index is 6.21. The molecule has 2 N–H and O–H groups in total. The van der Waals surface area contributed by atoms with Gasteiger partial charge in [0, 0.05) is 33.4 Å². The van der Waals surface area contributed by atoms with Gasteiger partial charge in [0.15, 0.2) is 0 Å². The summed E-state index contributed by atoms with van der Waals surface area (Å²) in [5.41, 5.74) is 6.49. The molecule has 3 heterocycles. The minimum absolute atomic E-state index is 0.210. The lowest BCUT2D eigenvalue weighted by Crippen LogP contribution is -2.43. The molecule has 1 aliphatic carbocycles. The van der Waals surface area contributed by atoms with Gasteiger partial charge in [-0.15, -0.1) is 11.3 Å². The summed E-state index contributed by atoms with van der Waals surface area (Å²) in [5.74, 6) is 0.677. The van der Waals surface area contributed by atoms with E-state index in [1.807, 2.05) is 18.3 Å². The number of nitrogens with one attached hydrogen (secondary N) is 2. The van der Waals surface area contributed by atoms with Crippen molar-refractivity contribution in [3.05, 3.63) is 75.8 Å². The Balaban J connectivity index is 1.32. The molecule has 4 aromatic rings. The predicted molar refractivity (Wildman–Crippen MR) is 129 cm³/mol. The maximum absolute atomic E-state index is 6.21. The highest BCUT2D eigenvalue weighted by Gasteiger charge is 2.40. The minimum Gasteiger partial charge on any atom is -0.350 e. The number of benzene rings is 2. The number of thiophene rings is 1. The first kappa shape index (κ1) is 19.2. The van der Waals surface area contributed by atoms with Gasteiger partial charge in [0.2, 0.25) is 5.95 Å². The van der Waals surface area contributed by atoms with Crippen molar-refractivity contribution >= 4 is 39.0 Å². The van der Waals surface area contributed by atoms with Crippen molar-refractivity contribution in [3.63, 3.8) is 0 Å². The van der Waals surface area contributed by atoms with Crippen molar-refractivity contribution in [1.29, 1.82) is 0 Å². The van der Waals surface area contributed by atoms with Crippen LogP contribution in [-0.4, -0.2) is 23.1 Å². The number of piperidine rings is 1. The van der Waals surface area contributed by atoms with Crippen LogP contribution in [0.15, 0.2) is 54.0 Å². The fraction of sp³-hybridized carbons (Fsp3) is 0.280. The highest BCUT2D eigenvalue weighted by atomic mass is 35.5. The first-order valence-electron chi connectivity index (χ1n) is 10.8. The summed E-state index contributed by atoms with van der Waals surface area (Å²) in [6.07, 6.45) is 5.39. The number of aromatic nitrogens is 2. The molecule has 6 heteroatoms. The van der Waals surface area contributed by atoms with Crippen LogP contribution in [0.5, 0.6) is 0 Å². The molecule has 0 radical (unpaired) electrons. The van der Waals surface area contributed by atoms with Crippen molar-refractivity contribution in [2.45, 2.75) is 31.2 Å². The van der Waals surface area contributed by atoms with Crippen LogP contribution < -0.4 is 10.6 Å². The number of fused-ring (bicyclic) bond motifs is 5. The van der Waals surface area contributed by atoms with E-state index in [4.69, 9.17) is 16.6 Å². The van der Waals surface area contributed by atoms with Crippen LogP contribution >= 0.6 is 22.9 Å².